The lowest BCUT2D eigenvalue weighted by Gasteiger charge is -2.26. The van der Waals surface area contributed by atoms with E-state index in [0.717, 1.165) is 6.42 Å². The quantitative estimate of drug-likeness (QED) is 0.335. The lowest BCUT2D eigenvalue weighted by molar-refractivity contribution is -0.194. The number of halogens is 3. The third kappa shape index (κ3) is 6.14. The van der Waals surface area contributed by atoms with E-state index in [1.807, 2.05) is 11.8 Å². The van der Waals surface area contributed by atoms with Crippen molar-refractivity contribution in [3.05, 3.63) is 48.2 Å². The van der Waals surface area contributed by atoms with Gasteiger partial charge in [-0.15, -0.1) is 5.10 Å². The normalized spacial score (nSPS) is 19.0. The van der Waals surface area contributed by atoms with Gasteiger partial charge in [0.1, 0.15) is 34.2 Å². The van der Waals surface area contributed by atoms with Crippen LogP contribution in [0.3, 0.4) is 0 Å². The Kier molecular flexibility index (Phi) is 7.97. The largest absolute Gasteiger partial charge is 0.497 e. The highest BCUT2D eigenvalue weighted by molar-refractivity contribution is 7.90. The van der Waals surface area contributed by atoms with Gasteiger partial charge in [-0.3, -0.25) is 4.79 Å². The van der Waals surface area contributed by atoms with E-state index in [1.54, 1.807) is 0 Å². The maximum Gasteiger partial charge on any atom is 0.397 e. The summed E-state index contributed by atoms with van der Waals surface area (Å²) in [7, 11) is -1.64. The number of sulfonamides is 1. The number of carbonyl (C=O) groups is 1. The van der Waals surface area contributed by atoms with Crippen molar-refractivity contribution >= 4 is 21.7 Å². The number of nitrogens with one attached hydrogen (secondary N) is 1. The van der Waals surface area contributed by atoms with E-state index in [2.05, 4.69) is 28.7 Å². The molecule has 2 fully saturated rings. The molecular formula is C29H34F3N5O6S. The lowest BCUT2D eigenvalue weighted by atomic mass is 9.91. The van der Waals surface area contributed by atoms with Crippen molar-refractivity contribution in [3.63, 3.8) is 0 Å². The van der Waals surface area contributed by atoms with Gasteiger partial charge >= 0.3 is 6.18 Å². The van der Waals surface area contributed by atoms with Crippen LogP contribution in [-0.4, -0.2) is 68.7 Å². The average molecular weight is 638 g/mol. The molecule has 1 aliphatic carbocycles. The molecule has 2 aromatic heterocycles. The van der Waals surface area contributed by atoms with Gasteiger partial charge in [0.25, 0.3) is 15.9 Å². The first-order valence-corrected chi connectivity index (χ1v) is 15.4. The first-order valence-electron chi connectivity index (χ1n) is 13.9. The molecule has 0 spiro atoms. The maximum atomic E-state index is 13.6. The molecule has 1 N–H and O–H groups in total. The molecule has 3 heterocycles. The molecule has 1 saturated carbocycles. The van der Waals surface area contributed by atoms with Gasteiger partial charge in [0, 0.05) is 30.9 Å². The molecule has 1 aliphatic heterocycles. The molecule has 1 atom stereocenters. The summed E-state index contributed by atoms with van der Waals surface area (Å²) in [6.45, 7) is 6.16. The van der Waals surface area contributed by atoms with Crippen molar-refractivity contribution < 1.29 is 40.6 Å². The Morgan fingerprint density at radius 3 is 2.43 bits per heavy atom. The summed E-state index contributed by atoms with van der Waals surface area (Å²) >= 11 is 0. The number of alkyl halides is 3. The minimum absolute atomic E-state index is 0.000834. The van der Waals surface area contributed by atoms with Crippen LogP contribution < -0.4 is 23.8 Å². The van der Waals surface area contributed by atoms with E-state index < -0.39 is 34.1 Å². The van der Waals surface area contributed by atoms with Crippen LogP contribution in [0.2, 0.25) is 0 Å². The van der Waals surface area contributed by atoms with Crippen LogP contribution in [-0.2, 0) is 10.0 Å². The lowest BCUT2D eigenvalue weighted by Crippen LogP contribution is -2.35. The first-order chi connectivity index (χ1) is 20.6. The third-order valence-corrected chi connectivity index (χ3v) is 9.36. The van der Waals surface area contributed by atoms with Crippen molar-refractivity contribution in [2.75, 3.05) is 32.3 Å². The molecule has 2 aliphatic rings. The van der Waals surface area contributed by atoms with Gasteiger partial charge in [-0.1, -0.05) is 13.8 Å². The SMILES string of the molecule is COc1ccc(S(=O)(=O)NC(=O)c2ccc(-n3ccc(OCC4(C(F)(F)F)CC4)n3)nc2N2CC(C)(C)C[C@@H]2C)c(OC)c1. The topological polar surface area (TPSA) is 125 Å². The number of hydrogen-bond donors (Lipinski definition) is 1. The fourth-order valence-electron chi connectivity index (χ4n) is 5.45. The van der Waals surface area contributed by atoms with Gasteiger partial charge in [-0.05, 0) is 55.9 Å². The Morgan fingerprint density at radius 1 is 1.11 bits per heavy atom. The van der Waals surface area contributed by atoms with Crippen LogP contribution in [0.5, 0.6) is 17.4 Å². The highest BCUT2D eigenvalue weighted by Gasteiger charge is 2.64. The number of methoxy groups -OCH3 is 2. The second-order valence-corrected chi connectivity index (χ2v) is 13.7. The summed E-state index contributed by atoms with van der Waals surface area (Å²) in [4.78, 5) is 19.9. The van der Waals surface area contributed by atoms with E-state index in [0.29, 0.717) is 12.3 Å². The smallest absolute Gasteiger partial charge is 0.397 e. The Bertz CT molecular complexity index is 1670. The summed E-state index contributed by atoms with van der Waals surface area (Å²) in [5.74, 6) is -0.0322. The van der Waals surface area contributed by atoms with Gasteiger partial charge in [-0.2, -0.15) is 13.2 Å². The molecular weight excluding hydrogens is 603 g/mol. The van der Waals surface area contributed by atoms with E-state index >= 15 is 0 Å². The number of pyridine rings is 1. The third-order valence-electron chi connectivity index (χ3n) is 7.99. The minimum atomic E-state index is -4.38. The number of ether oxygens (including phenoxy) is 3. The van der Waals surface area contributed by atoms with Crippen molar-refractivity contribution in [1.29, 1.82) is 0 Å². The highest BCUT2D eigenvalue weighted by Crippen LogP contribution is 2.57. The van der Waals surface area contributed by atoms with Gasteiger partial charge in [0.15, 0.2) is 5.82 Å². The Labute approximate surface area is 253 Å². The predicted molar refractivity (Wildman–Crippen MR) is 154 cm³/mol. The minimum Gasteiger partial charge on any atom is -0.497 e. The number of carbonyl (C=O) groups excluding carboxylic acids is 1. The summed E-state index contributed by atoms with van der Waals surface area (Å²) in [5.41, 5.74) is -1.94. The molecule has 0 unspecified atom stereocenters. The zero-order chi connectivity index (χ0) is 32.1. The monoisotopic (exact) mass is 637 g/mol. The Morgan fingerprint density at radius 2 is 1.84 bits per heavy atom. The molecule has 0 bridgehead atoms. The van der Waals surface area contributed by atoms with E-state index in [1.165, 1.54) is 61.5 Å². The second kappa shape index (κ2) is 11.2. The van der Waals surface area contributed by atoms with Gasteiger partial charge < -0.3 is 19.1 Å². The summed E-state index contributed by atoms with van der Waals surface area (Å²) in [5, 5.41) is 4.24. The fourth-order valence-corrected chi connectivity index (χ4v) is 6.57. The number of nitrogens with zero attached hydrogens (tertiary/aromatic N) is 4. The summed E-state index contributed by atoms with van der Waals surface area (Å²) in [6, 6.07) is 8.42. The van der Waals surface area contributed by atoms with Gasteiger partial charge in [0.05, 0.1) is 19.8 Å². The van der Waals surface area contributed by atoms with Crippen molar-refractivity contribution in [2.24, 2.45) is 10.8 Å². The first kappa shape index (κ1) is 31.4. The summed E-state index contributed by atoms with van der Waals surface area (Å²) < 4.78 is 85.7. The Balaban J connectivity index is 1.45. The predicted octanol–water partition coefficient (Wildman–Crippen LogP) is 4.75. The van der Waals surface area contributed by atoms with Crippen molar-refractivity contribution in [1.82, 2.24) is 19.5 Å². The van der Waals surface area contributed by atoms with E-state index in [-0.39, 0.29) is 58.0 Å². The molecule has 1 aromatic carbocycles. The number of benzene rings is 1. The number of hydrogen-bond acceptors (Lipinski definition) is 9. The van der Waals surface area contributed by atoms with Crippen LogP contribution in [0, 0.1) is 10.8 Å². The Hall–Kier alpha value is -4.01. The molecule has 0 radical (unpaired) electrons. The van der Waals surface area contributed by atoms with Crippen LogP contribution in [0.25, 0.3) is 5.82 Å². The number of anilines is 1. The molecule has 1 amide bonds. The molecule has 44 heavy (non-hydrogen) atoms. The fraction of sp³-hybridized carbons (Fsp3) is 0.483. The van der Waals surface area contributed by atoms with E-state index in [9.17, 15) is 26.4 Å². The number of amides is 1. The van der Waals surface area contributed by atoms with Crippen LogP contribution in [0.4, 0.5) is 19.0 Å². The zero-order valence-corrected chi connectivity index (χ0v) is 25.8. The van der Waals surface area contributed by atoms with Gasteiger partial charge in [0.2, 0.25) is 5.88 Å². The second-order valence-electron chi connectivity index (χ2n) is 12.0. The zero-order valence-electron chi connectivity index (χ0n) is 24.9. The molecule has 5 rings (SSSR count). The number of aromatic nitrogens is 3. The van der Waals surface area contributed by atoms with Crippen LogP contribution >= 0.6 is 0 Å². The van der Waals surface area contributed by atoms with Crippen molar-refractivity contribution in [2.45, 2.75) is 57.1 Å². The average Bonchev–Trinajstić information content (AvgIpc) is 3.53. The standard InChI is InChI=1S/C29H34F3N5O6S/c1-18-15-27(2,3)16-36(18)25-20(26(38)35-44(39,40)22-8-6-19(41-4)14-21(22)42-5)7-9-23(33-25)37-13-10-24(34-37)43-17-28(11-12-28)29(30,31)32/h6-10,13-14,18H,11-12,15-17H2,1-5H3,(H,35,38)/t18-/m0/s1. The molecule has 1 saturated heterocycles. The maximum absolute atomic E-state index is 13.6. The number of rotatable bonds is 10. The molecule has 3 aromatic rings. The van der Waals surface area contributed by atoms with Crippen LogP contribution in [0.1, 0.15) is 50.4 Å². The summed E-state index contributed by atoms with van der Waals surface area (Å²) in [6.07, 6.45) is -2.04. The molecule has 238 valence electrons. The van der Waals surface area contributed by atoms with Crippen LogP contribution in [0.15, 0.2) is 47.5 Å². The highest BCUT2D eigenvalue weighted by atomic mass is 32.2. The van der Waals surface area contributed by atoms with E-state index in [4.69, 9.17) is 14.2 Å². The van der Waals surface area contributed by atoms with Crippen molar-refractivity contribution in [3.8, 4) is 23.2 Å². The molecule has 15 heteroatoms. The van der Waals surface area contributed by atoms with Gasteiger partial charge in [-0.25, -0.2) is 22.8 Å². The molecule has 11 nitrogen and oxygen atoms in total.